The fourth-order valence-electron chi connectivity index (χ4n) is 3.18. The van der Waals surface area contributed by atoms with E-state index in [0.717, 1.165) is 49.2 Å². The van der Waals surface area contributed by atoms with Crippen LogP contribution in [0.15, 0.2) is 33.5 Å². The molecule has 0 bridgehead atoms. The molecule has 128 valence electrons. The average Bonchev–Trinajstić information content (AvgIpc) is 2.62. The van der Waals surface area contributed by atoms with E-state index in [0.29, 0.717) is 5.58 Å². The van der Waals surface area contributed by atoms with Crippen LogP contribution in [-0.4, -0.2) is 29.9 Å². The van der Waals surface area contributed by atoms with Gasteiger partial charge in [-0.1, -0.05) is 6.42 Å². The van der Waals surface area contributed by atoms with Gasteiger partial charge in [0.15, 0.2) is 5.78 Å². The van der Waals surface area contributed by atoms with Crippen molar-refractivity contribution >= 4 is 34.2 Å². The lowest BCUT2D eigenvalue weighted by Gasteiger charge is -2.21. The van der Waals surface area contributed by atoms with Gasteiger partial charge in [-0.05, 0) is 50.6 Å². The van der Waals surface area contributed by atoms with Crippen LogP contribution in [0, 0.1) is 0 Å². The first-order valence-corrected chi connectivity index (χ1v) is 9.67. The maximum absolute atomic E-state index is 12.6. The summed E-state index contributed by atoms with van der Waals surface area (Å²) >= 11 is 1.66. The Balaban J connectivity index is 1.97. The van der Waals surface area contributed by atoms with E-state index in [1.54, 1.807) is 17.8 Å². The molecule has 4 nitrogen and oxygen atoms in total. The Morgan fingerprint density at radius 3 is 2.71 bits per heavy atom. The molecule has 1 saturated heterocycles. The number of carbonyl (C=O) groups is 1. The van der Waals surface area contributed by atoms with Crippen LogP contribution >= 0.6 is 11.8 Å². The number of hydrogen-bond donors (Lipinski definition) is 0. The highest BCUT2D eigenvalue weighted by Gasteiger charge is 2.26. The highest BCUT2D eigenvalue weighted by atomic mass is 32.2. The monoisotopic (exact) mass is 345 g/mol. The van der Waals surface area contributed by atoms with E-state index in [4.69, 9.17) is 4.42 Å². The highest BCUT2D eigenvalue weighted by molar-refractivity contribution is 8.00. The zero-order valence-corrected chi connectivity index (χ0v) is 15.0. The fourth-order valence-corrected chi connectivity index (χ4v) is 4.45. The minimum Gasteiger partial charge on any atom is -0.422 e. The molecule has 5 heteroatoms. The van der Waals surface area contributed by atoms with Crippen molar-refractivity contribution in [3.63, 3.8) is 0 Å². The third kappa shape index (κ3) is 3.36. The molecular weight excluding hydrogens is 322 g/mol. The summed E-state index contributed by atoms with van der Waals surface area (Å²) in [4.78, 5) is 27.2. The average molecular weight is 345 g/mol. The largest absolute Gasteiger partial charge is 0.422 e. The highest BCUT2D eigenvalue weighted by Crippen LogP contribution is 2.28. The van der Waals surface area contributed by atoms with Gasteiger partial charge in [0.05, 0.1) is 5.25 Å². The molecule has 1 fully saturated rings. The van der Waals surface area contributed by atoms with Crippen LogP contribution in [0.4, 0.5) is 5.69 Å². The Morgan fingerprint density at radius 2 is 2.04 bits per heavy atom. The van der Waals surface area contributed by atoms with Gasteiger partial charge < -0.3 is 9.32 Å². The summed E-state index contributed by atoms with van der Waals surface area (Å²) in [5, 5.41) is 0.698. The molecular formula is C19H23NO3S. The van der Waals surface area contributed by atoms with Crippen LogP contribution in [0.2, 0.25) is 0 Å². The third-order valence-electron chi connectivity index (χ3n) is 4.59. The second-order valence-corrected chi connectivity index (χ2v) is 7.37. The van der Waals surface area contributed by atoms with Gasteiger partial charge in [-0.15, -0.1) is 0 Å². The molecule has 1 unspecified atom stereocenters. The molecule has 2 aromatic rings. The topological polar surface area (TPSA) is 50.5 Å². The van der Waals surface area contributed by atoms with Gasteiger partial charge in [-0.2, -0.15) is 11.8 Å². The van der Waals surface area contributed by atoms with Gasteiger partial charge in [-0.25, -0.2) is 4.79 Å². The van der Waals surface area contributed by atoms with Crippen LogP contribution < -0.4 is 10.5 Å². The van der Waals surface area contributed by atoms with E-state index in [2.05, 4.69) is 18.7 Å². The molecule has 0 saturated carbocycles. The first kappa shape index (κ1) is 17.1. The Morgan fingerprint density at radius 1 is 1.25 bits per heavy atom. The van der Waals surface area contributed by atoms with Crippen molar-refractivity contribution in [1.29, 1.82) is 0 Å². The second-order valence-electron chi connectivity index (χ2n) is 6.06. The zero-order valence-electron chi connectivity index (χ0n) is 14.2. The number of carbonyl (C=O) groups excluding carboxylic acids is 1. The maximum atomic E-state index is 12.6. The molecule has 2 heterocycles. The zero-order chi connectivity index (χ0) is 17.1. The van der Waals surface area contributed by atoms with Gasteiger partial charge in [0.1, 0.15) is 11.1 Å². The van der Waals surface area contributed by atoms with Crippen molar-refractivity contribution in [3.8, 4) is 0 Å². The minimum atomic E-state index is -0.518. The number of rotatable bonds is 5. The lowest BCUT2D eigenvalue weighted by molar-refractivity contribution is 0.0981. The first-order valence-electron chi connectivity index (χ1n) is 8.62. The summed E-state index contributed by atoms with van der Waals surface area (Å²) in [5.74, 6) is 0.908. The van der Waals surface area contributed by atoms with Gasteiger partial charge in [0.25, 0.3) is 0 Å². The fraction of sp³-hybridized carbons (Fsp3) is 0.474. The quantitative estimate of drug-likeness (QED) is 0.603. The van der Waals surface area contributed by atoms with Crippen molar-refractivity contribution in [2.75, 3.05) is 23.7 Å². The van der Waals surface area contributed by atoms with Crippen LogP contribution in [-0.2, 0) is 0 Å². The SMILES string of the molecule is CCN(CC)c1ccc2cc(C(=O)C3CCCCS3)c(=O)oc2c1. The molecule has 0 spiro atoms. The van der Waals surface area contributed by atoms with Gasteiger partial charge >= 0.3 is 5.63 Å². The molecule has 1 atom stereocenters. The van der Waals surface area contributed by atoms with Crippen LogP contribution in [0.1, 0.15) is 43.5 Å². The summed E-state index contributed by atoms with van der Waals surface area (Å²) < 4.78 is 5.47. The molecule has 0 N–H and O–H groups in total. The number of Topliss-reactive ketones (excluding diaryl/α,β-unsaturated/α-hetero) is 1. The van der Waals surface area contributed by atoms with E-state index in [9.17, 15) is 9.59 Å². The van der Waals surface area contributed by atoms with Crippen molar-refractivity contribution in [2.24, 2.45) is 0 Å². The van der Waals surface area contributed by atoms with E-state index in [1.165, 1.54) is 0 Å². The van der Waals surface area contributed by atoms with Crippen LogP contribution in [0.25, 0.3) is 11.0 Å². The predicted molar refractivity (Wildman–Crippen MR) is 100 cm³/mol. The van der Waals surface area contributed by atoms with Gasteiger partial charge in [0.2, 0.25) is 0 Å². The van der Waals surface area contributed by atoms with E-state index in [-0.39, 0.29) is 16.6 Å². The lowest BCUT2D eigenvalue weighted by atomic mass is 10.0. The summed E-state index contributed by atoms with van der Waals surface area (Å²) in [6.45, 7) is 5.96. The number of nitrogens with zero attached hydrogens (tertiary/aromatic N) is 1. The number of benzene rings is 1. The molecule has 3 rings (SSSR count). The van der Waals surface area contributed by atoms with E-state index in [1.807, 2.05) is 18.2 Å². The van der Waals surface area contributed by atoms with Crippen LogP contribution in [0.3, 0.4) is 0 Å². The number of thioether (sulfide) groups is 1. The van der Waals surface area contributed by atoms with Crippen molar-refractivity contribution < 1.29 is 9.21 Å². The molecule has 24 heavy (non-hydrogen) atoms. The Labute approximate surface area is 146 Å². The number of fused-ring (bicyclic) bond motifs is 1. The smallest absolute Gasteiger partial charge is 0.347 e. The number of ketones is 1. The Bertz CT molecular complexity index is 789. The normalized spacial score (nSPS) is 17.8. The third-order valence-corrected chi connectivity index (χ3v) is 5.96. The Kier molecular flexibility index (Phi) is 5.29. The maximum Gasteiger partial charge on any atom is 0.347 e. The van der Waals surface area contributed by atoms with Gasteiger partial charge in [0, 0.05) is 30.2 Å². The summed E-state index contributed by atoms with van der Waals surface area (Å²) in [5.41, 5.74) is 1.24. The number of anilines is 1. The Hall–Kier alpha value is -1.75. The molecule has 0 aliphatic carbocycles. The molecule has 0 radical (unpaired) electrons. The number of hydrogen-bond acceptors (Lipinski definition) is 5. The molecule has 1 aromatic heterocycles. The minimum absolute atomic E-state index is 0.0804. The molecule has 1 aromatic carbocycles. The summed E-state index contributed by atoms with van der Waals surface area (Å²) in [6, 6.07) is 7.52. The van der Waals surface area contributed by atoms with Crippen molar-refractivity contribution in [1.82, 2.24) is 0 Å². The lowest BCUT2D eigenvalue weighted by Crippen LogP contribution is -2.26. The molecule has 1 aliphatic rings. The van der Waals surface area contributed by atoms with Gasteiger partial charge in [-0.3, -0.25) is 4.79 Å². The second kappa shape index (κ2) is 7.43. The summed E-state index contributed by atoms with van der Waals surface area (Å²) in [7, 11) is 0. The van der Waals surface area contributed by atoms with Crippen molar-refractivity contribution in [2.45, 2.75) is 38.4 Å². The van der Waals surface area contributed by atoms with Crippen molar-refractivity contribution in [3.05, 3.63) is 40.2 Å². The molecule has 0 amide bonds. The van der Waals surface area contributed by atoms with E-state index < -0.39 is 5.63 Å². The molecule has 1 aliphatic heterocycles. The first-order chi connectivity index (χ1) is 11.6. The standard InChI is InChI=1S/C19H23NO3S/c1-3-20(4-2)14-9-8-13-11-15(19(22)23-16(13)12-14)18(21)17-7-5-6-10-24-17/h8-9,11-12,17H,3-7,10H2,1-2H3. The summed E-state index contributed by atoms with van der Waals surface area (Å²) in [6.07, 6.45) is 3.05. The predicted octanol–water partition coefficient (Wildman–Crippen LogP) is 4.11. The van der Waals surface area contributed by atoms with Crippen LogP contribution in [0.5, 0.6) is 0 Å². The van der Waals surface area contributed by atoms with E-state index >= 15 is 0 Å².